The number of alkyl halides is 3. The summed E-state index contributed by atoms with van der Waals surface area (Å²) in [6, 6.07) is -0.993. The van der Waals surface area contributed by atoms with Crippen LogP contribution in [0.15, 0.2) is 11.8 Å². The number of amides is 2. The van der Waals surface area contributed by atoms with Crippen molar-refractivity contribution in [2.75, 3.05) is 21.2 Å². The molecule has 0 rings (SSSR count). The molecule has 0 aliphatic rings. The number of nitrogens with one attached hydrogen (secondary N) is 1. The lowest BCUT2D eigenvalue weighted by atomic mass is 10.4. The topological polar surface area (TPSA) is 58.6 Å². The highest BCUT2D eigenvalue weighted by molar-refractivity contribution is 5.84. The van der Waals surface area contributed by atoms with Crippen LogP contribution >= 0.6 is 0 Å². The van der Waals surface area contributed by atoms with E-state index in [4.69, 9.17) is 0 Å². The molecular weight excluding hydrogens is 229 g/mol. The third kappa shape index (κ3) is 4.67. The molecule has 0 aromatic rings. The lowest BCUT2D eigenvalue weighted by Crippen LogP contribution is -2.38. The number of allylic oxidation sites excluding steroid dienone is 1. The van der Waals surface area contributed by atoms with Gasteiger partial charge in [-0.15, -0.1) is 0 Å². The quantitative estimate of drug-likeness (QED) is 0.575. The summed E-state index contributed by atoms with van der Waals surface area (Å²) in [4.78, 5) is 22.5. The molecule has 1 N–H and O–H groups in total. The van der Waals surface area contributed by atoms with Crippen LogP contribution in [0.1, 0.15) is 0 Å². The highest BCUT2D eigenvalue weighted by Gasteiger charge is 2.36. The van der Waals surface area contributed by atoms with E-state index in [1.54, 1.807) is 5.32 Å². The van der Waals surface area contributed by atoms with Gasteiger partial charge >= 0.3 is 18.2 Å². The maximum atomic E-state index is 12.3. The Morgan fingerprint density at radius 3 is 2.12 bits per heavy atom. The summed E-state index contributed by atoms with van der Waals surface area (Å²) < 4.78 is 41.0. The number of carbonyl (C=O) groups is 2. The second kappa shape index (κ2) is 5.38. The Hall–Kier alpha value is -1.73. The minimum absolute atomic E-state index is 0.168. The van der Waals surface area contributed by atoms with Gasteiger partial charge in [0.1, 0.15) is 5.70 Å². The van der Waals surface area contributed by atoms with Crippen molar-refractivity contribution < 1.29 is 27.5 Å². The third-order valence-corrected chi connectivity index (χ3v) is 1.42. The van der Waals surface area contributed by atoms with Crippen LogP contribution in [0.4, 0.5) is 18.0 Å². The fourth-order valence-electron chi connectivity index (χ4n) is 0.593. The molecule has 0 spiro atoms. The zero-order chi connectivity index (χ0) is 12.9. The maximum absolute atomic E-state index is 12.3. The number of methoxy groups -OCH3 is 1. The summed E-state index contributed by atoms with van der Waals surface area (Å²) in [5.41, 5.74) is -1.47. The molecule has 0 aliphatic carbocycles. The molecule has 0 aromatic carbocycles. The Balaban J connectivity index is 4.92. The van der Waals surface area contributed by atoms with Gasteiger partial charge in [-0.3, -0.25) is 0 Å². The lowest BCUT2D eigenvalue weighted by Gasteiger charge is -2.16. The molecule has 0 bridgehead atoms. The highest BCUT2D eigenvalue weighted by Crippen LogP contribution is 2.23. The number of nitrogens with zero attached hydrogens (tertiary/aromatic N) is 1. The minimum atomic E-state index is -4.83. The highest BCUT2D eigenvalue weighted by atomic mass is 19.4. The monoisotopic (exact) mass is 240 g/mol. The molecule has 2 amide bonds. The number of rotatable bonds is 2. The maximum Gasteiger partial charge on any atom is 0.431 e. The summed E-state index contributed by atoms with van der Waals surface area (Å²) in [5.74, 6) is -1.20. The standard InChI is InChI=1S/C8H11F3N2O3/c1-13(2)7(15)12-5(8(9,10)11)4-6(14)16-3/h4H,1-3H3,(H,12,15)/b5-4+. The van der Waals surface area contributed by atoms with E-state index >= 15 is 0 Å². The van der Waals surface area contributed by atoms with Crippen LogP contribution in [0.5, 0.6) is 0 Å². The summed E-state index contributed by atoms with van der Waals surface area (Å²) >= 11 is 0. The van der Waals surface area contributed by atoms with Crippen molar-refractivity contribution in [3.63, 3.8) is 0 Å². The van der Waals surface area contributed by atoms with Crippen LogP contribution in [-0.4, -0.2) is 44.3 Å². The number of halogens is 3. The van der Waals surface area contributed by atoms with Gasteiger partial charge in [0.05, 0.1) is 13.2 Å². The van der Waals surface area contributed by atoms with Gasteiger partial charge < -0.3 is 15.0 Å². The first-order valence-electron chi connectivity index (χ1n) is 4.03. The molecule has 0 radical (unpaired) electrons. The molecule has 5 nitrogen and oxygen atoms in total. The van der Waals surface area contributed by atoms with Crippen LogP contribution in [0.2, 0.25) is 0 Å². The summed E-state index contributed by atoms with van der Waals surface area (Å²) in [6.07, 6.45) is -4.67. The van der Waals surface area contributed by atoms with E-state index in [0.29, 0.717) is 0 Å². The van der Waals surface area contributed by atoms with Crippen LogP contribution in [0, 0.1) is 0 Å². The first-order valence-corrected chi connectivity index (χ1v) is 4.03. The summed E-state index contributed by atoms with van der Waals surface area (Å²) in [6.45, 7) is 0. The Labute approximate surface area is 89.8 Å². The zero-order valence-corrected chi connectivity index (χ0v) is 8.88. The predicted octanol–water partition coefficient (Wildman–Crippen LogP) is 0.877. The van der Waals surface area contributed by atoms with Crippen molar-refractivity contribution in [3.8, 4) is 0 Å². The molecule has 0 atom stereocenters. The van der Waals surface area contributed by atoms with Crippen molar-refractivity contribution in [2.45, 2.75) is 6.18 Å². The Bertz CT molecular complexity index is 310. The summed E-state index contributed by atoms with van der Waals surface area (Å²) in [5, 5.41) is 1.54. The Morgan fingerprint density at radius 2 is 1.81 bits per heavy atom. The second-order valence-electron chi connectivity index (χ2n) is 2.90. The summed E-state index contributed by atoms with van der Waals surface area (Å²) in [7, 11) is 3.46. The van der Waals surface area contributed by atoms with Gasteiger partial charge in [0.15, 0.2) is 0 Å². The van der Waals surface area contributed by atoms with E-state index in [1.165, 1.54) is 14.1 Å². The van der Waals surface area contributed by atoms with Crippen molar-refractivity contribution in [3.05, 3.63) is 11.8 Å². The number of hydrogen-bond donors (Lipinski definition) is 1. The molecule has 0 aliphatic heterocycles. The van der Waals surface area contributed by atoms with Gasteiger partial charge in [-0.05, 0) is 0 Å². The van der Waals surface area contributed by atoms with Gasteiger partial charge in [0.2, 0.25) is 0 Å². The van der Waals surface area contributed by atoms with Crippen LogP contribution in [0.25, 0.3) is 0 Å². The van der Waals surface area contributed by atoms with Gasteiger partial charge in [-0.2, -0.15) is 13.2 Å². The fraction of sp³-hybridized carbons (Fsp3) is 0.500. The van der Waals surface area contributed by atoms with Crippen molar-refractivity contribution in [2.24, 2.45) is 0 Å². The van der Waals surface area contributed by atoms with Gasteiger partial charge in [-0.25, -0.2) is 9.59 Å². The Morgan fingerprint density at radius 1 is 1.31 bits per heavy atom. The molecule has 0 aromatic heterocycles. The van der Waals surface area contributed by atoms with Crippen LogP contribution in [-0.2, 0) is 9.53 Å². The van der Waals surface area contributed by atoms with E-state index in [2.05, 4.69) is 4.74 Å². The van der Waals surface area contributed by atoms with Crippen molar-refractivity contribution in [1.29, 1.82) is 0 Å². The zero-order valence-electron chi connectivity index (χ0n) is 8.88. The molecule has 92 valence electrons. The molecule has 0 fully saturated rings. The smallest absolute Gasteiger partial charge is 0.431 e. The van der Waals surface area contributed by atoms with Crippen LogP contribution < -0.4 is 5.32 Å². The Kier molecular flexibility index (Phi) is 4.80. The van der Waals surface area contributed by atoms with Gasteiger partial charge in [0.25, 0.3) is 0 Å². The van der Waals surface area contributed by atoms with E-state index in [9.17, 15) is 22.8 Å². The first kappa shape index (κ1) is 14.3. The molecule has 0 unspecified atom stereocenters. The second-order valence-corrected chi connectivity index (χ2v) is 2.90. The number of carbonyl (C=O) groups excluding carboxylic acids is 2. The number of urea groups is 1. The van der Waals surface area contributed by atoms with Crippen molar-refractivity contribution >= 4 is 12.0 Å². The molecule has 8 heteroatoms. The average Bonchev–Trinajstić information content (AvgIpc) is 2.14. The van der Waals surface area contributed by atoms with E-state index in [1.807, 2.05) is 0 Å². The molecule has 0 saturated carbocycles. The van der Waals surface area contributed by atoms with Crippen molar-refractivity contribution in [1.82, 2.24) is 10.2 Å². The minimum Gasteiger partial charge on any atom is -0.466 e. The lowest BCUT2D eigenvalue weighted by molar-refractivity contribution is -0.136. The van der Waals surface area contributed by atoms with E-state index in [-0.39, 0.29) is 6.08 Å². The normalized spacial score (nSPS) is 12.0. The molecule has 0 heterocycles. The van der Waals surface area contributed by atoms with Crippen LogP contribution in [0.3, 0.4) is 0 Å². The van der Waals surface area contributed by atoms with Gasteiger partial charge in [0, 0.05) is 14.1 Å². The largest absolute Gasteiger partial charge is 0.466 e. The third-order valence-electron chi connectivity index (χ3n) is 1.42. The first-order chi connectivity index (χ1) is 7.18. The molecule has 16 heavy (non-hydrogen) atoms. The number of ether oxygens (including phenoxy) is 1. The van der Waals surface area contributed by atoms with Gasteiger partial charge in [-0.1, -0.05) is 0 Å². The average molecular weight is 240 g/mol. The fourth-order valence-corrected chi connectivity index (χ4v) is 0.593. The van der Waals surface area contributed by atoms with E-state index in [0.717, 1.165) is 12.0 Å². The number of esters is 1. The molecule has 0 saturated heterocycles. The molecular formula is C8H11F3N2O3. The van der Waals surface area contributed by atoms with E-state index < -0.39 is 23.9 Å². The predicted molar refractivity (Wildman–Crippen MR) is 48.4 cm³/mol. The SMILES string of the molecule is COC(=O)/C=C(/NC(=O)N(C)C)C(F)(F)F. The number of hydrogen-bond acceptors (Lipinski definition) is 3.